The number of hydrogen-bond donors (Lipinski definition) is 0. The van der Waals surface area contributed by atoms with Crippen LogP contribution in [0.3, 0.4) is 0 Å². The monoisotopic (exact) mass is 227 g/mol. The second-order valence-electron chi connectivity index (χ2n) is 3.98. The Labute approximate surface area is 101 Å². The third-order valence-electron chi connectivity index (χ3n) is 2.54. The van der Waals surface area contributed by atoms with Gasteiger partial charge in [0.05, 0.1) is 6.61 Å². The molecule has 0 atom stereocenters. The molecule has 0 aliphatic heterocycles. The molecule has 0 spiro atoms. The van der Waals surface area contributed by atoms with Gasteiger partial charge < -0.3 is 9.53 Å². The second kappa shape index (κ2) is 5.48. The lowest BCUT2D eigenvalue weighted by atomic mass is 10.1. The van der Waals surface area contributed by atoms with E-state index in [4.69, 9.17) is 4.74 Å². The number of hydrogen-bond acceptors (Lipinski definition) is 2. The summed E-state index contributed by atoms with van der Waals surface area (Å²) in [5.74, 6) is 1.02. The molecule has 0 aliphatic carbocycles. The Bertz CT molecular complexity index is 512. The van der Waals surface area contributed by atoms with Crippen LogP contribution in [-0.2, 0) is 4.79 Å². The number of ether oxygens (including phenoxy) is 1. The molecule has 0 amide bonds. The predicted molar refractivity (Wildman–Crippen MR) is 69.0 cm³/mol. The van der Waals surface area contributed by atoms with Crippen LogP contribution >= 0.6 is 0 Å². The van der Waals surface area contributed by atoms with Gasteiger partial charge in [0.1, 0.15) is 11.5 Å². The normalized spacial score (nSPS) is 10.4. The van der Waals surface area contributed by atoms with Gasteiger partial charge in [-0.15, -0.1) is 0 Å². The van der Waals surface area contributed by atoms with Gasteiger partial charge >= 0.3 is 0 Å². The molecule has 0 bridgehead atoms. The molecule has 2 nitrogen and oxygen atoms in total. The van der Waals surface area contributed by atoms with Crippen LogP contribution < -0.4 is 4.74 Å². The average Bonchev–Trinajstić information content (AvgIpc) is 2.34. The van der Waals surface area contributed by atoms with Crippen LogP contribution in [0.1, 0.15) is 13.3 Å². The van der Waals surface area contributed by atoms with Crippen LogP contribution in [0, 0.1) is 6.42 Å². The van der Waals surface area contributed by atoms with E-state index in [0.717, 1.165) is 16.5 Å². The highest BCUT2D eigenvalue weighted by Crippen LogP contribution is 2.25. The fraction of sp³-hybridized carbons (Fsp3) is 0.200. The van der Waals surface area contributed by atoms with Gasteiger partial charge in [-0.25, -0.2) is 0 Å². The van der Waals surface area contributed by atoms with Crippen molar-refractivity contribution in [3.63, 3.8) is 0 Å². The predicted octanol–water partition coefficient (Wildman–Crippen LogP) is 3.40. The van der Waals surface area contributed by atoms with Crippen LogP contribution in [0.25, 0.3) is 10.8 Å². The highest BCUT2D eigenvalue weighted by atomic mass is 16.5. The van der Waals surface area contributed by atoms with Crippen LogP contribution in [0.15, 0.2) is 42.5 Å². The second-order valence-corrected chi connectivity index (χ2v) is 3.98. The van der Waals surface area contributed by atoms with Crippen molar-refractivity contribution in [3.8, 4) is 5.75 Å². The molecule has 0 fully saturated rings. The minimum atomic E-state index is 0.159. The molecule has 0 heterocycles. The molecular formula is C15H15O2. The third-order valence-corrected chi connectivity index (χ3v) is 2.54. The smallest absolute Gasteiger partial charge is 0.130 e. The quantitative estimate of drug-likeness (QED) is 0.732. The van der Waals surface area contributed by atoms with E-state index in [-0.39, 0.29) is 5.78 Å². The Balaban J connectivity index is 2.05. The summed E-state index contributed by atoms with van der Waals surface area (Å²) in [5.41, 5.74) is 0. The van der Waals surface area contributed by atoms with Gasteiger partial charge in [0.15, 0.2) is 0 Å². The van der Waals surface area contributed by atoms with Crippen LogP contribution in [0.5, 0.6) is 5.75 Å². The molecule has 2 aromatic carbocycles. The fourth-order valence-electron chi connectivity index (χ4n) is 1.73. The van der Waals surface area contributed by atoms with Crippen molar-refractivity contribution in [2.24, 2.45) is 0 Å². The maximum Gasteiger partial charge on any atom is 0.130 e. The molecule has 0 saturated heterocycles. The molecule has 0 unspecified atom stereocenters. The van der Waals surface area contributed by atoms with Gasteiger partial charge in [0, 0.05) is 18.2 Å². The van der Waals surface area contributed by atoms with Gasteiger partial charge in [-0.2, -0.15) is 0 Å². The number of fused-ring (bicyclic) bond motifs is 1. The molecule has 0 aliphatic rings. The van der Waals surface area contributed by atoms with Crippen LogP contribution in [0.4, 0.5) is 0 Å². The summed E-state index contributed by atoms with van der Waals surface area (Å²) in [6, 6.07) is 14.1. The highest BCUT2D eigenvalue weighted by Gasteiger charge is 2.01. The van der Waals surface area contributed by atoms with Crippen molar-refractivity contribution in [2.75, 3.05) is 6.61 Å². The van der Waals surface area contributed by atoms with Gasteiger partial charge in [-0.05, 0) is 18.4 Å². The van der Waals surface area contributed by atoms with Crippen molar-refractivity contribution in [1.29, 1.82) is 0 Å². The number of carbonyl (C=O) groups excluding carboxylic acids is 1. The van der Waals surface area contributed by atoms with E-state index in [0.29, 0.717) is 13.0 Å². The van der Waals surface area contributed by atoms with Gasteiger partial charge in [0.25, 0.3) is 0 Å². The van der Waals surface area contributed by atoms with Crippen molar-refractivity contribution >= 4 is 16.6 Å². The first-order valence-corrected chi connectivity index (χ1v) is 5.69. The zero-order valence-electron chi connectivity index (χ0n) is 9.85. The van der Waals surface area contributed by atoms with Crippen molar-refractivity contribution < 1.29 is 9.53 Å². The van der Waals surface area contributed by atoms with Crippen molar-refractivity contribution in [2.45, 2.75) is 13.3 Å². The molecule has 2 heteroatoms. The molecule has 87 valence electrons. The number of rotatable bonds is 5. The van der Waals surface area contributed by atoms with E-state index in [2.05, 4.69) is 12.1 Å². The average molecular weight is 227 g/mol. The molecule has 1 radical (unpaired) electrons. The lowest BCUT2D eigenvalue weighted by molar-refractivity contribution is -0.116. The highest BCUT2D eigenvalue weighted by molar-refractivity contribution is 5.88. The van der Waals surface area contributed by atoms with E-state index < -0.39 is 0 Å². The topological polar surface area (TPSA) is 26.3 Å². The SMILES string of the molecule is CC(=O)C[CH]COc1cccc2ccccc12. The summed E-state index contributed by atoms with van der Waals surface area (Å²) >= 11 is 0. The summed E-state index contributed by atoms with van der Waals surface area (Å²) in [6.45, 7) is 2.04. The van der Waals surface area contributed by atoms with Gasteiger partial charge in [0.2, 0.25) is 0 Å². The Hall–Kier alpha value is -1.83. The van der Waals surface area contributed by atoms with Crippen LogP contribution in [0.2, 0.25) is 0 Å². The van der Waals surface area contributed by atoms with E-state index in [1.165, 1.54) is 0 Å². The van der Waals surface area contributed by atoms with E-state index in [1.54, 1.807) is 6.92 Å². The summed E-state index contributed by atoms with van der Waals surface area (Å²) in [7, 11) is 0. The van der Waals surface area contributed by atoms with Gasteiger partial charge in [-0.3, -0.25) is 0 Å². The van der Waals surface area contributed by atoms with Gasteiger partial charge in [-0.1, -0.05) is 36.4 Å². The Morgan fingerprint density at radius 3 is 2.76 bits per heavy atom. The summed E-state index contributed by atoms with van der Waals surface area (Å²) < 4.78 is 5.66. The summed E-state index contributed by atoms with van der Waals surface area (Å²) in [6.07, 6.45) is 2.31. The van der Waals surface area contributed by atoms with E-state index in [1.807, 2.05) is 36.8 Å². The standard InChI is InChI=1S/C15H15O2/c1-12(16)6-5-11-17-15-10-4-8-13-7-2-3-9-14(13)15/h2-5,7-10H,6,11H2,1H3. The minimum Gasteiger partial charge on any atom is -0.493 e. The Morgan fingerprint density at radius 2 is 1.94 bits per heavy atom. The third kappa shape index (κ3) is 3.06. The molecule has 0 N–H and O–H groups in total. The number of carbonyl (C=O) groups is 1. The largest absolute Gasteiger partial charge is 0.493 e. The maximum atomic E-state index is 10.8. The Kier molecular flexibility index (Phi) is 3.76. The Morgan fingerprint density at radius 1 is 1.18 bits per heavy atom. The van der Waals surface area contributed by atoms with Crippen molar-refractivity contribution in [1.82, 2.24) is 0 Å². The summed E-state index contributed by atoms with van der Waals surface area (Å²) in [5, 5.41) is 2.27. The van der Waals surface area contributed by atoms with Crippen LogP contribution in [-0.4, -0.2) is 12.4 Å². The number of benzene rings is 2. The molecule has 2 aromatic rings. The van der Waals surface area contributed by atoms with Crippen molar-refractivity contribution in [3.05, 3.63) is 48.9 Å². The molecular weight excluding hydrogens is 212 g/mol. The first-order chi connectivity index (χ1) is 8.27. The lowest BCUT2D eigenvalue weighted by Crippen LogP contribution is -2.01. The lowest BCUT2D eigenvalue weighted by Gasteiger charge is -2.08. The first kappa shape index (κ1) is 11.6. The zero-order valence-corrected chi connectivity index (χ0v) is 9.85. The molecule has 0 saturated carbocycles. The summed E-state index contributed by atoms with van der Waals surface area (Å²) in [4.78, 5) is 10.8. The maximum absolute atomic E-state index is 10.8. The van der Waals surface area contributed by atoms with E-state index >= 15 is 0 Å². The first-order valence-electron chi connectivity index (χ1n) is 5.69. The van der Waals surface area contributed by atoms with E-state index in [9.17, 15) is 4.79 Å². The molecule has 17 heavy (non-hydrogen) atoms. The molecule has 2 rings (SSSR count). The number of Topliss-reactive ketones (excluding diaryl/α,β-unsaturated/α-hetero) is 1. The minimum absolute atomic E-state index is 0.159. The zero-order chi connectivity index (χ0) is 12.1. The molecule has 0 aromatic heterocycles. The fourth-order valence-corrected chi connectivity index (χ4v) is 1.73. The number of ketones is 1.